The van der Waals surface area contributed by atoms with Crippen LogP contribution in [0.15, 0.2) is 53.4 Å². The summed E-state index contributed by atoms with van der Waals surface area (Å²) in [6.07, 6.45) is 0. The van der Waals surface area contributed by atoms with Crippen LogP contribution in [0, 0.1) is 13.8 Å². The lowest BCUT2D eigenvalue weighted by Crippen LogP contribution is -2.15. The second kappa shape index (κ2) is 12.1. The summed E-state index contributed by atoms with van der Waals surface area (Å²) in [6, 6.07) is 11.5. The van der Waals surface area contributed by atoms with Gasteiger partial charge in [0.2, 0.25) is 5.95 Å². The maximum Gasteiger partial charge on any atom is 0.354 e. The van der Waals surface area contributed by atoms with Crippen LogP contribution < -0.4 is 10.5 Å². The molecule has 3 rings (SSSR count). The zero-order valence-electron chi connectivity index (χ0n) is 17.9. The van der Waals surface area contributed by atoms with Gasteiger partial charge >= 0.3 is 11.9 Å². The Labute approximate surface area is 189 Å². The van der Waals surface area contributed by atoms with Gasteiger partial charge in [-0.25, -0.2) is 37.7 Å². The number of benzene rings is 1. The van der Waals surface area contributed by atoms with Gasteiger partial charge in [-0.15, -0.1) is 0 Å². The van der Waals surface area contributed by atoms with Crippen LogP contribution in [0.25, 0.3) is 0 Å². The maximum atomic E-state index is 12.1. The number of anilines is 2. The van der Waals surface area contributed by atoms with Gasteiger partial charge in [-0.1, -0.05) is 6.07 Å². The van der Waals surface area contributed by atoms with Crippen LogP contribution in [0.4, 0.5) is 11.6 Å². The van der Waals surface area contributed by atoms with Gasteiger partial charge in [-0.3, -0.25) is 0 Å². The molecule has 13 heteroatoms. The first-order chi connectivity index (χ1) is 15.5. The topological polar surface area (TPSA) is 206 Å². The van der Waals surface area contributed by atoms with Crippen molar-refractivity contribution in [3.63, 3.8) is 0 Å². The third kappa shape index (κ3) is 8.51. The van der Waals surface area contributed by atoms with Gasteiger partial charge in [0.15, 0.2) is 0 Å². The number of carboxylic acids is 2. The van der Waals surface area contributed by atoms with E-state index in [0.717, 1.165) is 7.11 Å². The molecule has 3 aromatic rings. The lowest BCUT2D eigenvalue weighted by Gasteiger charge is -2.08. The van der Waals surface area contributed by atoms with Crippen LogP contribution in [0.3, 0.4) is 0 Å². The monoisotopic (exact) mass is 477 g/mol. The van der Waals surface area contributed by atoms with Gasteiger partial charge in [0.05, 0.1) is 4.90 Å². The highest BCUT2D eigenvalue weighted by Crippen LogP contribution is 2.15. The second-order valence-electron chi connectivity index (χ2n) is 6.17. The van der Waals surface area contributed by atoms with Crippen LogP contribution >= 0.6 is 0 Å². The van der Waals surface area contributed by atoms with Crippen molar-refractivity contribution in [3.8, 4) is 0 Å². The van der Waals surface area contributed by atoms with Gasteiger partial charge in [-0.05, 0) is 56.3 Å². The average Bonchev–Trinajstić information content (AvgIpc) is 2.75. The van der Waals surface area contributed by atoms with E-state index in [1.807, 2.05) is 0 Å². The zero-order chi connectivity index (χ0) is 25.2. The smallest absolute Gasteiger partial charge is 0.354 e. The molecule has 33 heavy (non-hydrogen) atoms. The molecule has 0 amide bonds. The SMILES string of the molecule is CO.Cc1cc(C)nc(NS(=O)(=O)c2ccc(N)cc2)n1.O=C(O)c1cccc(C(=O)O)n1. The van der Waals surface area contributed by atoms with Crippen LogP contribution in [0.1, 0.15) is 32.4 Å². The Morgan fingerprint density at radius 1 is 0.848 bits per heavy atom. The Bertz CT molecular complexity index is 1170. The van der Waals surface area contributed by atoms with E-state index in [2.05, 4.69) is 19.7 Å². The number of rotatable bonds is 5. The molecule has 6 N–H and O–H groups in total. The Kier molecular flexibility index (Phi) is 9.85. The Balaban J connectivity index is 0.000000335. The molecule has 0 saturated carbocycles. The first-order valence-corrected chi connectivity index (χ1v) is 10.6. The molecule has 0 unspecified atom stereocenters. The summed E-state index contributed by atoms with van der Waals surface area (Å²) in [5.41, 5.74) is 6.88. The quantitative estimate of drug-likeness (QED) is 0.333. The number of aromatic nitrogens is 3. The molecule has 0 aliphatic heterocycles. The standard InChI is InChI=1S/C12H14N4O2S.C7H5NO4.CH4O/c1-8-7-9(2)15-12(14-8)16-19(17,18)11-5-3-10(13)4-6-11;9-6(10)4-2-1-3-5(8-4)7(11)12;1-2/h3-7H,13H2,1-2H3,(H,14,15,16);1-3H,(H,9,10)(H,11,12);2H,1H3. The number of aliphatic hydroxyl groups is 1. The molecule has 176 valence electrons. The molecule has 12 nitrogen and oxygen atoms in total. The average molecular weight is 477 g/mol. The van der Waals surface area contributed by atoms with Crippen LogP contribution in [-0.4, -0.2) is 57.7 Å². The molecule has 0 saturated heterocycles. The molecule has 0 fully saturated rings. The summed E-state index contributed by atoms with van der Waals surface area (Å²) in [5, 5.41) is 23.9. The number of hydrogen-bond acceptors (Lipinski definition) is 9. The third-order valence-electron chi connectivity index (χ3n) is 3.59. The van der Waals surface area contributed by atoms with Crippen LogP contribution in [0.2, 0.25) is 0 Å². The highest BCUT2D eigenvalue weighted by atomic mass is 32.2. The van der Waals surface area contributed by atoms with E-state index in [1.54, 1.807) is 19.9 Å². The van der Waals surface area contributed by atoms with E-state index >= 15 is 0 Å². The van der Waals surface area contributed by atoms with Gasteiger partial charge < -0.3 is 21.1 Å². The van der Waals surface area contributed by atoms with Gasteiger partial charge in [-0.2, -0.15) is 0 Å². The number of aromatic carboxylic acids is 2. The largest absolute Gasteiger partial charge is 0.477 e. The predicted octanol–water partition coefficient (Wildman–Crippen LogP) is 1.56. The van der Waals surface area contributed by atoms with Gasteiger partial charge in [0.25, 0.3) is 10.0 Å². The fourth-order valence-electron chi connectivity index (χ4n) is 2.27. The number of carbonyl (C=O) groups is 2. The Morgan fingerprint density at radius 2 is 1.30 bits per heavy atom. The van der Waals surface area contributed by atoms with E-state index < -0.39 is 22.0 Å². The fourth-order valence-corrected chi connectivity index (χ4v) is 3.21. The molecule has 0 radical (unpaired) electrons. The number of nitrogens with two attached hydrogens (primary N) is 1. The summed E-state index contributed by atoms with van der Waals surface area (Å²) in [4.78, 5) is 32.2. The molecule has 0 spiro atoms. The molecule has 0 aliphatic carbocycles. The van der Waals surface area contributed by atoms with Crippen molar-refractivity contribution in [2.45, 2.75) is 18.7 Å². The maximum absolute atomic E-state index is 12.1. The van der Waals surface area contributed by atoms with Crippen molar-refractivity contribution in [3.05, 3.63) is 71.3 Å². The Morgan fingerprint density at radius 3 is 1.73 bits per heavy atom. The number of carboxylic acid groups (broad SMARTS) is 2. The number of nitrogens with zero attached hydrogens (tertiary/aromatic N) is 3. The van der Waals surface area contributed by atoms with Crippen molar-refractivity contribution >= 4 is 33.6 Å². The summed E-state index contributed by atoms with van der Waals surface area (Å²) in [5.74, 6) is -2.41. The molecule has 2 aromatic heterocycles. The number of nitrogens with one attached hydrogen (secondary N) is 1. The molecule has 0 atom stereocenters. The van der Waals surface area contributed by atoms with E-state index in [4.69, 9.17) is 21.1 Å². The normalized spacial score (nSPS) is 10.1. The minimum atomic E-state index is -3.69. The summed E-state index contributed by atoms with van der Waals surface area (Å²) < 4.78 is 26.6. The number of pyridine rings is 1. The predicted molar refractivity (Wildman–Crippen MR) is 119 cm³/mol. The van der Waals surface area contributed by atoms with Crippen molar-refractivity contribution in [1.29, 1.82) is 0 Å². The van der Waals surface area contributed by atoms with Crippen LogP contribution in [-0.2, 0) is 10.0 Å². The highest BCUT2D eigenvalue weighted by Gasteiger charge is 2.15. The molecule has 2 heterocycles. The van der Waals surface area contributed by atoms with E-state index in [0.29, 0.717) is 17.1 Å². The van der Waals surface area contributed by atoms with E-state index in [9.17, 15) is 18.0 Å². The van der Waals surface area contributed by atoms with Gasteiger partial charge in [0, 0.05) is 24.2 Å². The van der Waals surface area contributed by atoms with Crippen LogP contribution in [0.5, 0.6) is 0 Å². The molecule has 0 bridgehead atoms. The van der Waals surface area contributed by atoms with Crippen molar-refractivity contribution in [1.82, 2.24) is 15.0 Å². The zero-order valence-corrected chi connectivity index (χ0v) is 18.7. The number of aliphatic hydroxyl groups excluding tert-OH is 1. The molecule has 1 aromatic carbocycles. The minimum absolute atomic E-state index is 0.0642. The Hall–Kier alpha value is -4.10. The number of hydrogen-bond donors (Lipinski definition) is 5. The van der Waals surface area contributed by atoms with E-state index in [-0.39, 0.29) is 22.2 Å². The number of sulfonamides is 1. The summed E-state index contributed by atoms with van der Waals surface area (Å²) in [7, 11) is -2.69. The first kappa shape index (κ1) is 26.9. The molecular formula is C20H23N5O7S. The number of aryl methyl sites for hydroxylation is 2. The van der Waals surface area contributed by atoms with Crippen molar-refractivity contribution in [2.75, 3.05) is 17.6 Å². The molecular weight excluding hydrogens is 454 g/mol. The lowest BCUT2D eigenvalue weighted by molar-refractivity contribution is 0.0685. The number of nitrogen functional groups attached to an aromatic ring is 1. The lowest BCUT2D eigenvalue weighted by atomic mass is 10.3. The van der Waals surface area contributed by atoms with E-state index in [1.165, 1.54) is 42.5 Å². The first-order valence-electron chi connectivity index (χ1n) is 9.07. The second-order valence-corrected chi connectivity index (χ2v) is 7.85. The summed E-state index contributed by atoms with van der Waals surface area (Å²) >= 11 is 0. The fraction of sp³-hybridized carbons (Fsp3) is 0.150. The minimum Gasteiger partial charge on any atom is -0.477 e. The molecule has 0 aliphatic rings. The van der Waals surface area contributed by atoms with Crippen molar-refractivity contribution < 1.29 is 33.3 Å². The van der Waals surface area contributed by atoms with Gasteiger partial charge in [0.1, 0.15) is 11.4 Å². The highest BCUT2D eigenvalue weighted by molar-refractivity contribution is 7.92. The van der Waals surface area contributed by atoms with Crippen molar-refractivity contribution in [2.24, 2.45) is 0 Å². The summed E-state index contributed by atoms with van der Waals surface area (Å²) in [6.45, 7) is 3.55. The third-order valence-corrected chi connectivity index (χ3v) is 4.93.